The van der Waals surface area contributed by atoms with Gasteiger partial charge in [0.2, 0.25) is 5.91 Å². The van der Waals surface area contributed by atoms with Crippen LogP contribution in [0.3, 0.4) is 0 Å². The van der Waals surface area contributed by atoms with Crippen LogP contribution in [-0.2, 0) is 4.79 Å². The third-order valence-electron chi connectivity index (χ3n) is 2.34. The van der Waals surface area contributed by atoms with Crippen molar-refractivity contribution in [1.82, 2.24) is 14.9 Å². The van der Waals surface area contributed by atoms with Crippen molar-refractivity contribution >= 4 is 11.7 Å². The van der Waals surface area contributed by atoms with Crippen LogP contribution in [0.25, 0.3) is 0 Å². The molecule has 16 heavy (non-hydrogen) atoms. The van der Waals surface area contributed by atoms with Crippen molar-refractivity contribution in [3.63, 3.8) is 0 Å². The van der Waals surface area contributed by atoms with Crippen LogP contribution in [0, 0.1) is 0 Å². The highest BCUT2D eigenvalue weighted by atomic mass is 16.2. The van der Waals surface area contributed by atoms with E-state index < -0.39 is 0 Å². The van der Waals surface area contributed by atoms with Crippen LogP contribution in [0.4, 0.5) is 5.82 Å². The quantitative estimate of drug-likeness (QED) is 0.784. The van der Waals surface area contributed by atoms with E-state index in [0.29, 0.717) is 13.0 Å². The Bertz CT molecular complexity index is 311. The van der Waals surface area contributed by atoms with E-state index >= 15 is 0 Å². The molecule has 1 aromatic rings. The molecular formula is C11H18N4O. The van der Waals surface area contributed by atoms with Crippen LogP contribution in [-0.4, -0.2) is 40.4 Å². The molecule has 0 saturated carbocycles. The minimum Gasteiger partial charge on any atom is -0.369 e. The predicted molar refractivity (Wildman–Crippen MR) is 63.1 cm³/mol. The Morgan fingerprint density at radius 3 is 2.75 bits per heavy atom. The van der Waals surface area contributed by atoms with Crippen molar-refractivity contribution in [2.24, 2.45) is 0 Å². The van der Waals surface area contributed by atoms with E-state index in [4.69, 9.17) is 0 Å². The van der Waals surface area contributed by atoms with E-state index in [1.165, 1.54) is 6.33 Å². The molecule has 1 aromatic heterocycles. The van der Waals surface area contributed by atoms with Gasteiger partial charge in [-0.25, -0.2) is 9.97 Å². The molecule has 1 rings (SSSR count). The van der Waals surface area contributed by atoms with Crippen molar-refractivity contribution in [2.45, 2.75) is 20.3 Å². The van der Waals surface area contributed by atoms with E-state index in [-0.39, 0.29) is 5.91 Å². The highest BCUT2D eigenvalue weighted by Crippen LogP contribution is 1.99. The van der Waals surface area contributed by atoms with Gasteiger partial charge in [0, 0.05) is 32.3 Å². The van der Waals surface area contributed by atoms with Gasteiger partial charge in [-0.05, 0) is 19.9 Å². The Morgan fingerprint density at radius 2 is 2.19 bits per heavy atom. The molecule has 1 heterocycles. The molecule has 0 aromatic carbocycles. The first-order valence-electron chi connectivity index (χ1n) is 5.55. The van der Waals surface area contributed by atoms with Crippen LogP contribution < -0.4 is 5.32 Å². The lowest BCUT2D eigenvalue weighted by atomic mass is 10.3. The minimum atomic E-state index is 0.173. The fourth-order valence-corrected chi connectivity index (χ4v) is 1.43. The van der Waals surface area contributed by atoms with Crippen LogP contribution in [0.2, 0.25) is 0 Å². The second-order valence-corrected chi connectivity index (χ2v) is 3.34. The molecule has 0 atom stereocenters. The van der Waals surface area contributed by atoms with E-state index in [9.17, 15) is 4.79 Å². The maximum absolute atomic E-state index is 11.6. The van der Waals surface area contributed by atoms with E-state index in [0.717, 1.165) is 18.9 Å². The molecular weight excluding hydrogens is 204 g/mol. The second kappa shape index (κ2) is 6.76. The first kappa shape index (κ1) is 12.4. The zero-order chi connectivity index (χ0) is 11.8. The smallest absolute Gasteiger partial charge is 0.224 e. The molecule has 0 bridgehead atoms. The Balaban J connectivity index is 2.28. The number of hydrogen-bond acceptors (Lipinski definition) is 4. The number of nitrogens with zero attached hydrogens (tertiary/aromatic N) is 3. The SMILES string of the molecule is CCN(CC)C(=O)CCNc1ccncn1. The summed E-state index contributed by atoms with van der Waals surface area (Å²) >= 11 is 0. The maximum Gasteiger partial charge on any atom is 0.224 e. The van der Waals surface area contributed by atoms with Crippen molar-refractivity contribution in [2.75, 3.05) is 25.0 Å². The second-order valence-electron chi connectivity index (χ2n) is 3.34. The third kappa shape index (κ3) is 3.84. The van der Waals surface area contributed by atoms with Crippen LogP contribution in [0.15, 0.2) is 18.6 Å². The number of anilines is 1. The molecule has 0 spiro atoms. The summed E-state index contributed by atoms with van der Waals surface area (Å²) in [5, 5.41) is 3.08. The standard InChI is InChI=1S/C11H18N4O/c1-3-15(4-2)11(16)6-8-13-10-5-7-12-9-14-10/h5,7,9H,3-4,6,8H2,1-2H3,(H,12,13,14). The molecule has 0 aliphatic carbocycles. The molecule has 0 unspecified atom stereocenters. The molecule has 5 heteroatoms. The minimum absolute atomic E-state index is 0.173. The molecule has 0 saturated heterocycles. The lowest BCUT2D eigenvalue weighted by Crippen LogP contribution is -2.31. The Hall–Kier alpha value is -1.65. The van der Waals surface area contributed by atoms with Gasteiger partial charge in [0.05, 0.1) is 0 Å². The highest BCUT2D eigenvalue weighted by molar-refractivity contribution is 5.76. The monoisotopic (exact) mass is 222 g/mol. The summed E-state index contributed by atoms with van der Waals surface area (Å²) < 4.78 is 0. The molecule has 0 aliphatic rings. The van der Waals surface area contributed by atoms with Crippen LogP contribution in [0.1, 0.15) is 20.3 Å². The fourth-order valence-electron chi connectivity index (χ4n) is 1.43. The molecule has 0 fully saturated rings. The topological polar surface area (TPSA) is 58.1 Å². The average molecular weight is 222 g/mol. The summed E-state index contributed by atoms with van der Waals surface area (Å²) in [6, 6.07) is 1.78. The third-order valence-corrected chi connectivity index (χ3v) is 2.34. The molecule has 0 aliphatic heterocycles. The van der Waals surface area contributed by atoms with E-state index in [2.05, 4.69) is 15.3 Å². The van der Waals surface area contributed by atoms with Gasteiger partial charge in [0.1, 0.15) is 12.1 Å². The number of aromatic nitrogens is 2. The summed E-state index contributed by atoms with van der Waals surface area (Å²) in [7, 11) is 0. The van der Waals surface area contributed by atoms with Gasteiger partial charge < -0.3 is 10.2 Å². The Morgan fingerprint density at radius 1 is 1.44 bits per heavy atom. The number of carbonyl (C=O) groups is 1. The summed E-state index contributed by atoms with van der Waals surface area (Å²) in [6.07, 6.45) is 3.64. The zero-order valence-corrected chi connectivity index (χ0v) is 9.81. The zero-order valence-electron chi connectivity index (χ0n) is 9.81. The van der Waals surface area contributed by atoms with Gasteiger partial charge in [-0.1, -0.05) is 0 Å². The largest absolute Gasteiger partial charge is 0.369 e. The summed E-state index contributed by atoms with van der Waals surface area (Å²) in [6.45, 7) is 6.11. The first-order chi connectivity index (χ1) is 7.77. The van der Waals surface area contributed by atoms with Gasteiger partial charge in [-0.3, -0.25) is 4.79 Å². The molecule has 1 amide bonds. The fraction of sp³-hybridized carbons (Fsp3) is 0.545. The number of rotatable bonds is 6. The highest BCUT2D eigenvalue weighted by Gasteiger charge is 2.08. The molecule has 0 radical (unpaired) electrons. The summed E-state index contributed by atoms with van der Waals surface area (Å²) in [4.78, 5) is 21.3. The van der Waals surface area contributed by atoms with Gasteiger partial charge in [0.25, 0.3) is 0 Å². The normalized spacial score (nSPS) is 9.88. The van der Waals surface area contributed by atoms with Gasteiger partial charge >= 0.3 is 0 Å². The van der Waals surface area contributed by atoms with Crippen molar-refractivity contribution < 1.29 is 4.79 Å². The first-order valence-corrected chi connectivity index (χ1v) is 5.55. The Kier molecular flexibility index (Phi) is 5.25. The van der Waals surface area contributed by atoms with Crippen molar-refractivity contribution in [1.29, 1.82) is 0 Å². The lowest BCUT2D eigenvalue weighted by molar-refractivity contribution is -0.130. The number of hydrogen-bond donors (Lipinski definition) is 1. The predicted octanol–water partition coefficient (Wildman–Crippen LogP) is 1.15. The van der Waals surface area contributed by atoms with Gasteiger partial charge in [0.15, 0.2) is 0 Å². The Labute approximate surface area is 95.9 Å². The van der Waals surface area contributed by atoms with E-state index in [1.807, 2.05) is 18.7 Å². The lowest BCUT2D eigenvalue weighted by Gasteiger charge is -2.18. The van der Waals surface area contributed by atoms with Crippen molar-refractivity contribution in [3.05, 3.63) is 18.6 Å². The molecule has 1 N–H and O–H groups in total. The van der Waals surface area contributed by atoms with Crippen LogP contribution in [0.5, 0.6) is 0 Å². The number of nitrogens with one attached hydrogen (secondary N) is 1. The number of carbonyl (C=O) groups excluding carboxylic acids is 1. The van der Waals surface area contributed by atoms with Gasteiger partial charge in [-0.2, -0.15) is 0 Å². The summed E-state index contributed by atoms with van der Waals surface area (Å²) in [5.41, 5.74) is 0. The maximum atomic E-state index is 11.6. The number of amides is 1. The molecule has 88 valence electrons. The van der Waals surface area contributed by atoms with E-state index in [1.54, 1.807) is 12.3 Å². The van der Waals surface area contributed by atoms with Crippen LogP contribution >= 0.6 is 0 Å². The average Bonchev–Trinajstić information content (AvgIpc) is 2.32. The summed E-state index contributed by atoms with van der Waals surface area (Å²) in [5.74, 6) is 0.925. The molecule has 5 nitrogen and oxygen atoms in total. The van der Waals surface area contributed by atoms with Crippen molar-refractivity contribution in [3.8, 4) is 0 Å². The van der Waals surface area contributed by atoms with Gasteiger partial charge in [-0.15, -0.1) is 0 Å².